The molecule has 1 atom stereocenters. The highest BCUT2D eigenvalue weighted by molar-refractivity contribution is 7.09. The van der Waals surface area contributed by atoms with Crippen LogP contribution in [0.25, 0.3) is 0 Å². The Morgan fingerprint density at radius 3 is 2.81 bits per heavy atom. The molecule has 0 spiro atoms. The number of carbonyl (C=O) groups excluding carboxylic acids is 1. The van der Waals surface area contributed by atoms with Gasteiger partial charge in [-0.1, -0.05) is 12.1 Å². The normalized spacial score (nSPS) is 17.1. The second kappa shape index (κ2) is 9.08. The van der Waals surface area contributed by atoms with Crippen molar-refractivity contribution < 1.29 is 19.1 Å². The summed E-state index contributed by atoms with van der Waals surface area (Å²) < 4.78 is 13.0. The largest absolute Gasteiger partial charge is 0.481 e. The van der Waals surface area contributed by atoms with E-state index in [-0.39, 0.29) is 30.5 Å². The van der Waals surface area contributed by atoms with Gasteiger partial charge in [0.1, 0.15) is 5.82 Å². The fourth-order valence-corrected chi connectivity index (χ4v) is 4.24. The number of hydrogen-bond donors (Lipinski definition) is 1. The minimum Gasteiger partial charge on any atom is -0.481 e. The molecule has 144 valence electrons. The van der Waals surface area contributed by atoms with Gasteiger partial charge in [-0.3, -0.25) is 9.59 Å². The van der Waals surface area contributed by atoms with Crippen LogP contribution in [0.4, 0.5) is 4.39 Å². The van der Waals surface area contributed by atoms with E-state index in [1.54, 1.807) is 12.1 Å². The van der Waals surface area contributed by atoms with Crippen molar-refractivity contribution in [2.75, 3.05) is 13.1 Å². The molecule has 0 saturated carbocycles. The first kappa shape index (κ1) is 19.5. The first-order valence-electron chi connectivity index (χ1n) is 9.17. The summed E-state index contributed by atoms with van der Waals surface area (Å²) in [4.78, 5) is 29.7. The number of amides is 1. The number of piperidine rings is 1. The van der Waals surface area contributed by atoms with Crippen molar-refractivity contribution in [2.24, 2.45) is 5.92 Å². The van der Waals surface area contributed by atoms with E-state index in [0.717, 1.165) is 35.7 Å². The number of hydrogen-bond acceptors (Lipinski definition) is 4. The van der Waals surface area contributed by atoms with Crippen LogP contribution in [0.15, 0.2) is 29.6 Å². The molecule has 1 N–H and O–H groups in total. The average molecular weight is 390 g/mol. The van der Waals surface area contributed by atoms with E-state index >= 15 is 0 Å². The molecule has 0 radical (unpaired) electrons. The van der Waals surface area contributed by atoms with Gasteiger partial charge in [-0.15, -0.1) is 11.3 Å². The Labute approximate surface area is 161 Å². The number of carboxylic acid groups (broad SMARTS) is 1. The lowest BCUT2D eigenvalue weighted by Gasteiger charge is -2.32. The highest BCUT2D eigenvalue weighted by Crippen LogP contribution is 2.22. The third-order valence-corrected chi connectivity index (χ3v) is 5.74. The lowest BCUT2D eigenvalue weighted by Crippen LogP contribution is -2.40. The van der Waals surface area contributed by atoms with Crippen molar-refractivity contribution in [3.05, 3.63) is 51.7 Å². The van der Waals surface area contributed by atoms with Crippen LogP contribution in [-0.2, 0) is 22.4 Å². The minimum atomic E-state index is -0.783. The standard InChI is InChI=1S/C20H23FN2O3S/c21-16-6-3-14(4-7-16)10-18-22-17(13-27-18)11-19(24)23-9-1-2-15(12-23)5-8-20(25)26/h3-4,6-7,13,15H,1-2,5,8-12H2,(H,25,26)/t15-/m1/s1. The fourth-order valence-electron chi connectivity index (χ4n) is 3.41. The number of likely N-dealkylation sites (tertiary alicyclic amines) is 1. The third kappa shape index (κ3) is 5.85. The van der Waals surface area contributed by atoms with E-state index in [2.05, 4.69) is 4.98 Å². The average Bonchev–Trinajstić information content (AvgIpc) is 3.09. The summed E-state index contributed by atoms with van der Waals surface area (Å²) in [5, 5.41) is 11.6. The maximum absolute atomic E-state index is 13.0. The van der Waals surface area contributed by atoms with Gasteiger partial charge in [0.2, 0.25) is 5.91 Å². The number of carboxylic acids is 1. The van der Waals surface area contributed by atoms with Gasteiger partial charge in [-0.2, -0.15) is 0 Å². The molecule has 0 aliphatic carbocycles. The topological polar surface area (TPSA) is 70.5 Å². The smallest absolute Gasteiger partial charge is 0.303 e. The number of rotatable bonds is 7. The molecule has 1 aromatic carbocycles. The lowest BCUT2D eigenvalue weighted by molar-refractivity contribution is -0.137. The molecule has 5 nitrogen and oxygen atoms in total. The molecule has 2 aromatic rings. The molecule has 27 heavy (non-hydrogen) atoms. The van der Waals surface area contributed by atoms with Crippen molar-refractivity contribution in [1.29, 1.82) is 0 Å². The van der Waals surface area contributed by atoms with Crippen LogP contribution < -0.4 is 0 Å². The molecule has 2 heterocycles. The number of nitrogens with zero attached hydrogens (tertiary/aromatic N) is 2. The van der Waals surface area contributed by atoms with Crippen LogP contribution in [0.5, 0.6) is 0 Å². The van der Waals surface area contributed by atoms with E-state index in [1.807, 2.05) is 10.3 Å². The Morgan fingerprint density at radius 1 is 1.30 bits per heavy atom. The van der Waals surface area contributed by atoms with Crippen molar-refractivity contribution in [2.45, 2.75) is 38.5 Å². The highest BCUT2D eigenvalue weighted by atomic mass is 32.1. The quantitative estimate of drug-likeness (QED) is 0.785. The zero-order valence-electron chi connectivity index (χ0n) is 15.1. The van der Waals surface area contributed by atoms with Gasteiger partial charge >= 0.3 is 5.97 Å². The predicted octanol–water partition coefficient (Wildman–Crippen LogP) is 3.52. The molecule has 3 rings (SSSR count). The van der Waals surface area contributed by atoms with Gasteiger partial charge < -0.3 is 10.0 Å². The summed E-state index contributed by atoms with van der Waals surface area (Å²) in [5.41, 5.74) is 1.75. The van der Waals surface area contributed by atoms with Crippen molar-refractivity contribution in [3.8, 4) is 0 Å². The number of aromatic nitrogens is 1. The van der Waals surface area contributed by atoms with Crippen molar-refractivity contribution in [1.82, 2.24) is 9.88 Å². The monoisotopic (exact) mass is 390 g/mol. The number of halogens is 1. The van der Waals surface area contributed by atoms with Crippen LogP contribution >= 0.6 is 11.3 Å². The highest BCUT2D eigenvalue weighted by Gasteiger charge is 2.24. The first-order chi connectivity index (χ1) is 13.0. The molecule has 1 aromatic heterocycles. The molecule has 0 unspecified atom stereocenters. The maximum atomic E-state index is 13.0. The van der Waals surface area contributed by atoms with E-state index in [4.69, 9.17) is 5.11 Å². The zero-order valence-corrected chi connectivity index (χ0v) is 15.9. The van der Waals surface area contributed by atoms with Crippen LogP contribution in [0.1, 0.15) is 41.9 Å². The summed E-state index contributed by atoms with van der Waals surface area (Å²) in [6, 6.07) is 6.36. The van der Waals surface area contributed by atoms with Gasteiger partial charge in [-0.25, -0.2) is 9.37 Å². The van der Waals surface area contributed by atoms with Gasteiger partial charge in [-0.05, 0) is 42.9 Å². The van der Waals surface area contributed by atoms with E-state index < -0.39 is 5.97 Å². The van der Waals surface area contributed by atoms with Crippen LogP contribution in [0.3, 0.4) is 0 Å². The molecule has 1 aliphatic rings. The van der Waals surface area contributed by atoms with Crippen LogP contribution in [-0.4, -0.2) is 40.0 Å². The molecule has 0 bridgehead atoms. The molecule has 7 heteroatoms. The Bertz CT molecular complexity index is 791. The molecule has 1 fully saturated rings. The van der Waals surface area contributed by atoms with Gasteiger partial charge in [0.25, 0.3) is 0 Å². The SMILES string of the molecule is O=C(O)CC[C@H]1CCCN(C(=O)Cc2csc(Cc3ccc(F)cc3)n2)C1. The lowest BCUT2D eigenvalue weighted by atomic mass is 9.93. The Kier molecular flexibility index (Phi) is 6.55. The Morgan fingerprint density at radius 2 is 2.07 bits per heavy atom. The maximum Gasteiger partial charge on any atom is 0.303 e. The third-order valence-electron chi connectivity index (χ3n) is 4.84. The summed E-state index contributed by atoms with van der Waals surface area (Å²) in [7, 11) is 0. The van der Waals surface area contributed by atoms with E-state index in [1.165, 1.54) is 23.5 Å². The molecule has 1 aliphatic heterocycles. The Hall–Kier alpha value is -2.28. The molecule has 1 saturated heterocycles. The molecular weight excluding hydrogens is 367 g/mol. The Balaban J connectivity index is 1.52. The van der Waals surface area contributed by atoms with Gasteiger partial charge in [0, 0.05) is 31.3 Å². The van der Waals surface area contributed by atoms with E-state index in [9.17, 15) is 14.0 Å². The molecular formula is C20H23FN2O3S. The molecule has 1 amide bonds. The fraction of sp³-hybridized carbons (Fsp3) is 0.450. The second-order valence-electron chi connectivity index (χ2n) is 6.99. The summed E-state index contributed by atoms with van der Waals surface area (Å²) >= 11 is 1.51. The second-order valence-corrected chi connectivity index (χ2v) is 7.94. The first-order valence-corrected chi connectivity index (χ1v) is 10.0. The number of carbonyl (C=O) groups is 2. The van der Waals surface area contributed by atoms with Gasteiger partial charge in [0.15, 0.2) is 0 Å². The number of thiazole rings is 1. The summed E-state index contributed by atoms with van der Waals surface area (Å²) in [6.07, 6.45) is 3.58. The van der Waals surface area contributed by atoms with Crippen LogP contribution in [0, 0.1) is 11.7 Å². The predicted molar refractivity (Wildman–Crippen MR) is 101 cm³/mol. The number of benzene rings is 1. The van der Waals surface area contributed by atoms with Crippen molar-refractivity contribution in [3.63, 3.8) is 0 Å². The summed E-state index contributed by atoms with van der Waals surface area (Å²) in [6.45, 7) is 1.37. The minimum absolute atomic E-state index is 0.0497. The van der Waals surface area contributed by atoms with Crippen molar-refractivity contribution >= 4 is 23.2 Å². The number of aliphatic carboxylic acids is 1. The van der Waals surface area contributed by atoms with E-state index in [0.29, 0.717) is 19.4 Å². The van der Waals surface area contributed by atoms with Crippen LogP contribution in [0.2, 0.25) is 0 Å². The van der Waals surface area contributed by atoms with Gasteiger partial charge in [0.05, 0.1) is 17.1 Å². The zero-order chi connectivity index (χ0) is 19.2. The summed E-state index contributed by atoms with van der Waals surface area (Å²) in [5.74, 6) is -0.723.